The van der Waals surface area contributed by atoms with Gasteiger partial charge in [-0.3, -0.25) is 4.79 Å². The fourth-order valence-electron chi connectivity index (χ4n) is 0.953. The largest absolute Gasteiger partial charge is 0.391 e. The second-order valence-corrected chi connectivity index (χ2v) is 4.46. The number of hydrogen-bond donors (Lipinski definition) is 2. The molecule has 0 aromatic carbocycles. The molecule has 0 saturated carbocycles. The van der Waals surface area contributed by atoms with Crippen molar-refractivity contribution in [3.05, 3.63) is 10.6 Å². The molecule has 1 amide bonds. The summed E-state index contributed by atoms with van der Waals surface area (Å²) in [6.45, 7) is 5.79. The van der Waals surface area contributed by atoms with Gasteiger partial charge in [0, 0.05) is 6.54 Å². The van der Waals surface area contributed by atoms with Crippen LogP contribution in [0.15, 0.2) is 0 Å². The van der Waals surface area contributed by atoms with Gasteiger partial charge in [-0.15, -0.1) is 5.10 Å². The van der Waals surface area contributed by atoms with Crippen LogP contribution in [0, 0.1) is 12.8 Å². The zero-order valence-electron chi connectivity index (χ0n) is 9.02. The van der Waals surface area contributed by atoms with E-state index in [9.17, 15) is 9.90 Å². The van der Waals surface area contributed by atoms with E-state index in [1.54, 1.807) is 6.92 Å². The number of carbonyl (C=O) groups excluding carboxylic acids is 1. The first-order valence-corrected chi connectivity index (χ1v) is 5.55. The monoisotopic (exact) mass is 229 g/mol. The van der Waals surface area contributed by atoms with E-state index in [2.05, 4.69) is 14.9 Å². The third-order valence-electron chi connectivity index (χ3n) is 2.10. The fourth-order valence-corrected chi connectivity index (χ4v) is 1.53. The van der Waals surface area contributed by atoms with E-state index < -0.39 is 6.10 Å². The normalized spacial score (nSPS) is 12.9. The second kappa shape index (κ2) is 5.18. The first-order valence-electron chi connectivity index (χ1n) is 4.77. The quantitative estimate of drug-likeness (QED) is 0.792. The number of aryl methyl sites for hydroxylation is 1. The smallest absolute Gasteiger partial charge is 0.265 e. The van der Waals surface area contributed by atoms with Gasteiger partial charge in [0.25, 0.3) is 5.91 Å². The molecule has 1 rings (SSSR count). The lowest BCUT2D eigenvalue weighted by Crippen LogP contribution is -2.34. The Morgan fingerprint density at radius 3 is 2.73 bits per heavy atom. The Morgan fingerprint density at radius 2 is 2.27 bits per heavy atom. The molecule has 0 aliphatic rings. The molecule has 0 aliphatic carbocycles. The molecule has 0 spiro atoms. The predicted molar refractivity (Wildman–Crippen MR) is 57.8 cm³/mol. The Balaban J connectivity index is 2.47. The SMILES string of the molecule is Cc1nnsc1C(=O)NCC(O)C(C)C. The van der Waals surface area contributed by atoms with E-state index in [0.29, 0.717) is 10.6 Å². The van der Waals surface area contributed by atoms with Gasteiger partial charge in [0.05, 0.1) is 11.8 Å². The number of nitrogens with one attached hydrogen (secondary N) is 1. The molecule has 6 heteroatoms. The lowest BCUT2D eigenvalue weighted by molar-refractivity contribution is 0.0874. The van der Waals surface area contributed by atoms with Gasteiger partial charge in [-0.2, -0.15) is 0 Å². The van der Waals surface area contributed by atoms with E-state index in [4.69, 9.17) is 0 Å². The molecule has 5 nitrogen and oxygen atoms in total. The van der Waals surface area contributed by atoms with Gasteiger partial charge >= 0.3 is 0 Å². The Hall–Kier alpha value is -1.01. The molecule has 84 valence electrons. The van der Waals surface area contributed by atoms with Crippen molar-refractivity contribution < 1.29 is 9.90 Å². The topological polar surface area (TPSA) is 75.1 Å². The number of carbonyl (C=O) groups is 1. The maximum atomic E-state index is 11.6. The third-order valence-corrected chi connectivity index (χ3v) is 2.93. The van der Waals surface area contributed by atoms with Gasteiger partial charge in [0.2, 0.25) is 0 Å². The highest BCUT2D eigenvalue weighted by Crippen LogP contribution is 2.08. The van der Waals surface area contributed by atoms with E-state index in [-0.39, 0.29) is 18.4 Å². The number of aromatic nitrogens is 2. The van der Waals surface area contributed by atoms with Crippen molar-refractivity contribution in [2.45, 2.75) is 26.9 Å². The van der Waals surface area contributed by atoms with Crippen molar-refractivity contribution in [2.75, 3.05) is 6.54 Å². The summed E-state index contributed by atoms with van der Waals surface area (Å²) in [6.07, 6.45) is -0.518. The van der Waals surface area contributed by atoms with Gasteiger partial charge in [-0.25, -0.2) is 0 Å². The van der Waals surface area contributed by atoms with Crippen LogP contribution in [-0.4, -0.2) is 33.2 Å². The molecule has 1 atom stereocenters. The average molecular weight is 229 g/mol. The van der Waals surface area contributed by atoms with Crippen LogP contribution in [0.2, 0.25) is 0 Å². The van der Waals surface area contributed by atoms with Crippen LogP contribution in [0.25, 0.3) is 0 Å². The van der Waals surface area contributed by atoms with Gasteiger partial charge in [-0.1, -0.05) is 18.3 Å². The number of hydrogen-bond acceptors (Lipinski definition) is 5. The molecule has 0 fully saturated rings. The minimum atomic E-state index is -0.518. The first-order chi connectivity index (χ1) is 7.02. The molecule has 2 N–H and O–H groups in total. The first kappa shape index (κ1) is 12.1. The van der Waals surface area contributed by atoms with Crippen LogP contribution in [0.4, 0.5) is 0 Å². The third kappa shape index (κ3) is 3.24. The molecule has 1 unspecified atom stereocenters. The summed E-state index contributed by atoms with van der Waals surface area (Å²) in [7, 11) is 0. The van der Waals surface area contributed by atoms with E-state index in [1.807, 2.05) is 13.8 Å². The lowest BCUT2D eigenvalue weighted by atomic mass is 10.1. The van der Waals surface area contributed by atoms with Crippen LogP contribution in [-0.2, 0) is 0 Å². The maximum absolute atomic E-state index is 11.6. The van der Waals surface area contributed by atoms with Gasteiger partial charge in [0.15, 0.2) is 0 Å². The van der Waals surface area contributed by atoms with Crippen molar-refractivity contribution >= 4 is 17.4 Å². The van der Waals surface area contributed by atoms with Crippen LogP contribution >= 0.6 is 11.5 Å². The van der Waals surface area contributed by atoms with Gasteiger partial charge in [0.1, 0.15) is 4.88 Å². The molecular formula is C9H15N3O2S. The molecule has 1 heterocycles. The molecular weight excluding hydrogens is 214 g/mol. The summed E-state index contributed by atoms with van der Waals surface area (Å²) in [5.41, 5.74) is 0.622. The summed E-state index contributed by atoms with van der Waals surface area (Å²) in [4.78, 5) is 12.1. The zero-order valence-corrected chi connectivity index (χ0v) is 9.84. The van der Waals surface area contributed by atoms with E-state index in [0.717, 1.165) is 11.5 Å². The van der Waals surface area contributed by atoms with Gasteiger partial charge in [-0.05, 0) is 24.4 Å². The predicted octanol–water partition coefficient (Wildman–Crippen LogP) is 0.593. The van der Waals surface area contributed by atoms with E-state index in [1.165, 1.54) is 0 Å². The highest BCUT2D eigenvalue weighted by Gasteiger charge is 2.15. The lowest BCUT2D eigenvalue weighted by Gasteiger charge is -2.14. The standard InChI is InChI=1S/C9H15N3O2S/c1-5(2)7(13)4-10-9(14)8-6(3)11-12-15-8/h5,7,13H,4H2,1-3H3,(H,10,14). The Bertz CT molecular complexity index is 338. The summed E-state index contributed by atoms with van der Waals surface area (Å²) in [5.74, 6) is -0.0896. The van der Waals surface area contributed by atoms with Gasteiger partial charge < -0.3 is 10.4 Å². The molecule has 1 aromatic rings. The number of rotatable bonds is 4. The molecule has 0 radical (unpaired) electrons. The number of amides is 1. The van der Waals surface area contributed by atoms with E-state index >= 15 is 0 Å². The minimum absolute atomic E-state index is 0.131. The summed E-state index contributed by atoms with van der Waals surface area (Å²) < 4.78 is 3.67. The Morgan fingerprint density at radius 1 is 1.60 bits per heavy atom. The van der Waals surface area contributed by atoms with Crippen LogP contribution in [0.5, 0.6) is 0 Å². The van der Waals surface area contributed by atoms with Crippen LogP contribution < -0.4 is 5.32 Å². The number of nitrogens with zero attached hydrogens (tertiary/aromatic N) is 2. The number of aliphatic hydroxyl groups is 1. The van der Waals surface area contributed by atoms with Crippen molar-refractivity contribution in [2.24, 2.45) is 5.92 Å². The van der Waals surface area contributed by atoms with Crippen molar-refractivity contribution in [1.82, 2.24) is 14.9 Å². The summed E-state index contributed by atoms with van der Waals surface area (Å²) in [5, 5.41) is 15.9. The highest BCUT2D eigenvalue weighted by atomic mass is 32.1. The van der Waals surface area contributed by atoms with Crippen molar-refractivity contribution in [3.63, 3.8) is 0 Å². The average Bonchev–Trinajstić information content (AvgIpc) is 2.60. The molecule has 0 saturated heterocycles. The van der Waals surface area contributed by atoms with Crippen LogP contribution in [0.1, 0.15) is 29.2 Å². The summed E-state index contributed by atoms with van der Waals surface area (Å²) in [6, 6.07) is 0. The summed E-state index contributed by atoms with van der Waals surface area (Å²) >= 11 is 1.06. The Kier molecular flexibility index (Phi) is 4.16. The molecule has 1 aromatic heterocycles. The van der Waals surface area contributed by atoms with Crippen LogP contribution in [0.3, 0.4) is 0 Å². The zero-order chi connectivity index (χ0) is 11.4. The molecule has 0 aliphatic heterocycles. The Labute approximate surface area is 92.7 Å². The second-order valence-electron chi connectivity index (χ2n) is 3.71. The van der Waals surface area contributed by atoms with Crippen molar-refractivity contribution in [3.8, 4) is 0 Å². The minimum Gasteiger partial charge on any atom is -0.391 e. The highest BCUT2D eigenvalue weighted by molar-refractivity contribution is 7.07. The number of aliphatic hydroxyl groups excluding tert-OH is 1. The maximum Gasteiger partial charge on any atom is 0.265 e. The molecule has 0 bridgehead atoms. The van der Waals surface area contributed by atoms with Crippen molar-refractivity contribution in [1.29, 1.82) is 0 Å². The fraction of sp³-hybridized carbons (Fsp3) is 0.667. The molecule has 15 heavy (non-hydrogen) atoms.